The number of nitrogens with one attached hydrogen (secondary N) is 1. The number of guanidine groups is 1. The maximum Gasteiger partial charge on any atom is 0.194 e. The fourth-order valence-corrected chi connectivity index (χ4v) is 2.48. The molecule has 0 saturated carbocycles. The zero-order valence-corrected chi connectivity index (χ0v) is 17.7. The summed E-state index contributed by atoms with van der Waals surface area (Å²) in [7, 11) is 3.72. The number of halogens is 1. The monoisotopic (exact) mass is 454 g/mol. The molecule has 0 amide bonds. The number of aromatic nitrogens is 1. The zero-order valence-electron chi connectivity index (χ0n) is 15.3. The number of aliphatic imine (C=N–C) groups is 1. The summed E-state index contributed by atoms with van der Waals surface area (Å²) in [4.78, 5) is 11.3. The molecule has 0 aliphatic rings. The third-order valence-corrected chi connectivity index (χ3v) is 3.63. The van der Waals surface area contributed by atoms with Crippen LogP contribution >= 0.6 is 24.0 Å². The average Bonchev–Trinajstić information content (AvgIpc) is 2.59. The van der Waals surface area contributed by atoms with Gasteiger partial charge >= 0.3 is 0 Å². The largest absolute Gasteiger partial charge is 0.496 e. The Kier molecular flexibility index (Phi) is 9.26. The summed E-state index contributed by atoms with van der Waals surface area (Å²) in [5.41, 5.74) is 3.10. The second-order valence-corrected chi connectivity index (χ2v) is 5.61. The van der Waals surface area contributed by atoms with Crippen molar-refractivity contribution in [1.82, 2.24) is 15.2 Å². The van der Waals surface area contributed by atoms with E-state index >= 15 is 0 Å². The van der Waals surface area contributed by atoms with Gasteiger partial charge in [0.1, 0.15) is 5.75 Å². The van der Waals surface area contributed by atoms with Crippen molar-refractivity contribution in [2.24, 2.45) is 4.99 Å². The molecule has 0 aliphatic carbocycles. The Morgan fingerprint density at radius 2 is 1.96 bits per heavy atom. The highest BCUT2D eigenvalue weighted by Gasteiger charge is 2.09. The van der Waals surface area contributed by atoms with Crippen LogP contribution in [0.5, 0.6) is 5.75 Å². The Hall–Kier alpha value is -1.83. The molecule has 1 N–H and O–H groups in total. The number of para-hydroxylation sites is 1. The zero-order chi connectivity index (χ0) is 17.4. The molecule has 0 atom stereocenters. The minimum atomic E-state index is 0. The van der Waals surface area contributed by atoms with E-state index in [0.717, 1.165) is 41.7 Å². The number of benzene rings is 1. The van der Waals surface area contributed by atoms with Gasteiger partial charge in [0.25, 0.3) is 0 Å². The van der Waals surface area contributed by atoms with Gasteiger partial charge in [-0.1, -0.05) is 24.3 Å². The third kappa shape index (κ3) is 6.53. The first-order valence-corrected chi connectivity index (χ1v) is 8.18. The van der Waals surface area contributed by atoms with Gasteiger partial charge in [0.05, 0.1) is 19.3 Å². The molecular formula is C19H27IN4O. The second-order valence-electron chi connectivity index (χ2n) is 5.61. The summed E-state index contributed by atoms with van der Waals surface area (Å²) in [6, 6.07) is 14.0. The summed E-state index contributed by atoms with van der Waals surface area (Å²) in [5.74, 6) is 1.74. The number of pyridine rings is 1. The van der Waals surface area contributed by atoms with Crippen molar-refractivity contribution in [3.05, 3.63) is 59.4 Å². The van der Waals surface area contributed by atoms with E-state index in [2.05, 4.69) is 28.2 Å². The van der Waals surface area contributed by atoms with Gasteiger partial charge in [-0.2, -0.15) is 0 Å². The molecule has 0 spiro atoms. The van der Waals surface area contributed by atoms with Crippen molar-refractivity contribution in [2.75, 3.05) is 20.7 Å². The van der Waals surface area contributed by atoms with Crippen LogP contribution in [-0.4, -0.2) is 36.5 Å². The van der Waals surface area contributed by atoms with Crippen molar-refractivity contribution < 1.29 is 4.74 Å². The van der Waals surface area contributed by atoms with Crippen LogP contribution in [-0.2, 0) is 13.1 Å². The molecule has 136 valence electrons. The Balaban J connectivity index is 0.00000312. The van der Waals surface area contributed by atoms with E-state index in [1.165, 1.54) is 0 Å². The van der Waals surface area contributed by atoms with Crippen LogP contribution in [0.4, 0.5) is 0 Å². The number of nitrogens with zero attached hydrogens (tertiary/aromatic N) is 3. The van der Waals surface area contributed by atoms with E-state index in [1.807, 2.05) is 50.4 Å². The summed E-state index contributed by atoms with van der Waals surface area (Å²) in [5, 5.41) is 3.33. The van der Waals surface area contributed by atoms with Gasteiger partial charge in [-0.05, 0) is 32.0 Å². The normalized spacial score (nSPS) is 10.8. The Morgan fingerprint density at radius 3 is 2.64 bits per heavy atom. The van der Waals surface area contributed by atoms with Crippen LogP contribution in [0, 0.1) is 6.92 Å². The number of rotatable bonds is 6. The fraction of sp³-hybridized carbons (Fsp3) is 0.368. The number of aryl methyl sites for hydroxylation is 1. The number of hydrogen-bond donors (Lipinski definition) is 1. The smallest absolute Gasteiger partial charge is 0.194 e. The van der Waals surface area contributed by atoms with E-state index in [1.54, 1.807) is 7.11 Å². The number of hydrogen-bond acceptors (Lipinski definition) is 3. The van der Waals surface area contributed by atoms with Gasteiger partial charge in [-0.25, -0.2) is 4.99 Å². The van der Waals surface area contributed by atoms with Gasteiger partial charge in [-0.15, -0.1) is 24.0 Å². The molecule has 0 fully saturated rings. The van der Waals surface area contributed by atoms with Gasteiger partial charge in [0.2, 0.25) is 0 Å². The van der Waals surface area contributed by atoms with Gasteiger partial charge in [0, 0.05) is 31.4 Å². The Morgan fingerprint density at radius 1 is 1.20 bits per heavy atom. The molecule has 0 aliphatic heterocycles. The fourth-order valence-electron chi connectivity index (χ4n) is 2.48. The second kappa shape index (κ2) is 10.9. The molecule has 0 saturated heterocycles. The lowest BCUT2D eigenvalue weighted by Crippen LogP contribution is -2.38. The quantitative estimate of drug-likeness (QED) is 0.412. The molecule has 1 heterocycles. The molecule has 0 radical (unpaired) electrons. The lowest BCUT2D eigenvalue weighted by molar-refractivity contribution is 0.396. The highest BCUT2D eigenvalue weighted by molar-refractivity contribution is 14.0. The highest BCUT2D eigenvalue weighted by atomic mass is 127. The molecule has 1 aromatic heterocycles. The van der Waals surface area contributed by atoms with Gasteiger partial charge in [0.15, 0.2) is 5.96 Å². The van der Waals surface area contributed by atoms with Gasteiger partial charge in [-0.3, -0.25) is 4.98 Å². The first-order chi connectivity index (χ1) is 11.6. The van der Waals surface area contributed by atoms with Crippen molar-refractivity contribution >= 4 is 29.9 Å². The lowest BCUT2D eigenvalue weighted by Gasteiger charge is -2.23. The minimum Gasteiger partial charge on any atom is -0.496 e. The van der Waals surface area contributed by atoms with Crippen LogP contribution in [0.25, 0.3) is 0 Å². The van der Waals surface area contributed by atoms with Crippen molar-refractivity contribution in [3.8, 4) is 5.75 Å². The molecule has 2 aromatic rings. The average molecular weight is 454 g/mol. The summed E-state index contributed by atoms with van der Waals surface area (Å²) >= 11 is 0. The van der Waals surface area contributed by atoms with Crippen LogP contribution in [0.15, 0.2) is 47.5 Å². The molecule has 0 unspecified atom stereocenters. The van der Waals surface area contributed by atoms with E-state index in [-0.39, 0.29) is 24.0 Å². The first-order valence-electron chi connectivity index (χ1n) is 8.18. The topological polar surface area (TPSA) is 49.8 Å². The van der Waals surface area contributed by atoms with Crippen LogP contribution in [0.3, 0.4) is 0 Å². The maximum absolute atomic E-state index is 5.43. The molecule has 6 heteroatoms. The number of ether oxygens (including phenoxy) is 1. The first kappa shape index (κ1) is 21.2. The predicted octanol–water partition coefficient (Wildman–Crippen LogP) is 3.61. The van der Waals surface area contributed by atoms with Crippen LogP contribution in [0.2, 0.25) is 0 Å². The lowest BCUT2D eigenvalue weighted by atomic mass is 10.2. The van der Waals surface area contributed by atoms with E-state index in [0.29, 0.717) is 6.54 Å². The van der Waals surface area contributed by atoms with Gasteiger partial charge < -0.3 is 15.0 Å². The summed E-state index contributed by atoms with van der Waals surface area (Å²) in [6.07, 6.45) is 0. The highest BCUT2D eigenvalue weighted by Crippen LogP contribution is 2.18. The molecule has 0 bridgehead atoms. The standard InChI is InChI=1S/C19H26N4O.HI/c1-5-20-19(21-13-17-11-8-9-15(2)22-17)23(3)14-16-10-6-7-12-18(16)24-4;/h6-12H,5,13-14H2,1-4H3,(H,20,21);1H. The SMILES string of the molecule is CCNC(=NCc1cccc(C)n1)N(C)Cc1ccccc1OC.I. The molecular weight excluding hydrogens is 427 g/mol. The molecule has 2 rings (SSSR count). The Labute approximate surface area is 167 Å². The predicted molar refractivity (Wildman–Crippen MR) is 114 cm³/mol. The van der Waals surface area contributed by atoms with E-state index in [9.17, 15) is 0 Å². The van der Waals surface area contributed by atoms with Crippen LogP contribution < -0.4 is 10.1 Å². The van der Waals surface area contributed by atoms with Crippen molar-refractivity contribution in [2.45, 2.75) is 26.9 Å². The van der Waals surface area contributed by atoms with E-state index < -0.39 is 0 Å². The van der Waals surface area contributed by atoms with Crippen LogP contribution in [0.1, 0.15) is 23.9 Å². The summed E-state index contributed by atoms with van der Waals surface area (Å²) in [6.45, 7) is 6.15. The minimum absolute atomic E-state index is 0. The molecule has 5 nitrogen and oxygen atoms in total. The van der Waals surface area contributed by atoms with Crippen molar-refractivity contribution in [1.29, 1.82) is 0 Å². The summed E-state index contributed by atoms with van der Waals surface area (Å²) < 4.78 is 5.43. The van der Waals surface area contributed by atoms with E-state index in [4.69, 9.17) is 9.73 Å². The molecule has 25 heavy (non-hydrogen) atoms. The van der Waals surface area contributed by atoms with Crippen molar-refractivity contribution in [3.63, 3.8) is 0 Å². The maximum atomic E-state index is 5.43. The molecule has 1 aromatic carbocycles. The Bertz CT molecular complexity index is 691. The number of methoxy groups -OCH3 is 1. The third-order valence-electron chi connectivity index (χ3n) is 3.63.